The molecule has 16 heteroatoms. The van der Waals surface area contributed by atoms with Crippen molar-refractivity contribution in [2.75, 3.05) is 0 Å². The zero-order valence-electron chi connectivity index (χ0n) is 26.9. The Morgan fingerprint density at radius 2 is 0.865 bits per heavy atom. The molecule has 2 unspecified atom stereocenters. The van der Waals surface area contributed by atoms with E-state index in [-0.39, 0.29) is 46.0 Å². The van der Waals surface area contributed by atoms with Gasteiger partial charge in [-0.15, -0.1) is 4.52 Å². The minimum absolute atomic E-state index is 0.0176. The Morgan fingerprint density at radius 1 is 0.442 bits per heavy atom. The van der Waals surface area contributed by atoms with Crippen molar-refractivity contribution in [2.24, 2.45) is 4.52 Å². The first-order chi connectivity index (χ1) is 25.4. The molecular weight excluding hydrogens is 727 g/mol. The predicted molar refractivity (Wildman–Crippen MR) is 196 cm³/mol. The van der Waals surface area contributed by atoms with Crippen LogP contribution in [0.5, 0.6) is 57.5 Å². The average molecular weight is 758 g/mol. The summed E-state index contributed by atoms with van der Waals surface area (Å²) < 4.78 is 34.0. The van der Waals surface area contributed by atoms with Crippen LogP contribution in [0.2, 0.25) is 0 Å². The second-order valence-electron chi connectivity index (χ2n) is 10.6. The molecule has 0 fully saturated rings. The highest BCUT2D eigenvalue weighted by atomic mass is 31.3. The molecule has 2 atom stereocenters. The van der Waals surface area contributed by atoms with Crippen molar-refractivity contribution in [1.29, 1.82) is 0 Å². The first-order valence-electron chi connectivity index (χ1n) is 15.5. The molecule has 0 aromatic heterocycles. The van der Waals surface area contributed by atoms with Gasteiger partial charge in [-0.2, -0.15) is 0 Å². The van der Waals surface area contributed by atoms with Gasteiger partial charge in [0.15, 0.2) is 46.0 Å². The Kier molecular flexibility index (Phi) is 10.5. The summed E-state index contributed by atoms with van der Waals surface area (Å²) in [5.41, 5.74) is 0. The van der Waals surface area contributed by atoms with Gasteiger partial charge in [0.2, 0.25) is 0 Å². The van der Waals surface area contributed by atoms with E-state index in [0.29, 0.717) is 11.5 Å². The molecule has 0 saturated heterocycles. The van der Waals surface area contributed by atoms with E-state index >= 15 is 0 Å². The molecule has 1 aliphatic heterocycles. The van der Waals surface area contributed by atoms with Gasteiger partial charge in [0, 0.05) is 9.21 Å². The molecule has 4 N–H and O–H groups in total. The lowest BCUT2D eigenvalue weighted by Crippen LogP contribution is -2.37. The first-order valence-corrected chi connectivity index (χ1v) is 19.4. The molecule has 0 spiro atoms. The molecular formula is C36H30N3O10P3. The molecule has 1 heterocycles. The largest absolute Gasteiger partial charge is 0.504 e. The van der Waals surface area contributed by atoms with Crippen LogP contribution < -0.4 is 27.8 Å². The summed E-state index contributed by atoms with van der Waals surface area (Å²) in [6.07, 6.45) is 0. The van der Waals surface area contributed by atoms with Crippen LogP contribution in [0.15, 0.2) is 162 Å². The van der Waals surface area contributed by atoms with Gasteiger partial charge in [0.05, 0.1) is 0 Å². The Hall–Kier alpha value is -5.67. The Labute approximate surface area is 301 Å². The lowest BCUT2D eigenvalue weighted by Gasteiger charge is -2.43. The monoisotopic (exact) mass is 757 g/mol. The Balaban J connectivity index is 1.51. The van der Waals surface area contributed by atoms with Crippen molar-refractivity contribution in [1.82, 2.24) is 9.21 Å². The number of aromatic hydroxyl groups is 4. The maximum atomic E-state index is 11.0. The molecule has 0 radical (unpaired) electrons. The molecule has 0 saturated carbocycles. The summed E-state index contributed by atoms with van der Waals surface area (Å²) in [4.78, 5) is 13.0. The quantitative estimate of drug-likeness (QED) is 0.0878. The van der Waals surface area contributed by atoms with Crippen LogP contribution in [-0.4, -0.2) is 29.6 Å². The van der Waals surface area contributed by atoms with Crippen LogP contribution in [0, 0.1) is 0 Å². The topological polar surface area (TPSA) is 155 Å². The van der Waals surface area contributed by atoms with Crippen LogP contribution in [0.3, 0.4) is 0 Å². The Bertz CT molecular complexity index is 2130. The average Bonchev–Trinajstić information content (AvgIpc) is 3.16. The Morgan fingerprint density at radius 3 is 1.37 bits per heavy atom. The standard InChI is InChI=1S/C36H30N3O10P3/c40-29-19-7-11-23-33(29)45-38-50(47-34-24-12-8-20-30(34)41)37-52(48-35-25-13-9-21-31(35)42,49-36-26-14-10-22-32(36)43)39(44-27-15-3-1-4-16-27)51(38)46-28-17-5-2-6-18-28/h1-26,40-43H. The summed E-state index contributed by atoms with van der Waals surface area (Å²) in [7, 11) is -9.28. The van der Waals surface area contributed by atoms with Gasteiger partial charge in [0.25, 0.3) is 0 Å². The maximum Gasteiger partial charge on any atom is 0.447 e. The smallest absolute Gasteiger partial charge is 0.447 e. The molecule has 7 rings (SSSR count). The summed E-state index contributed by atoms with van der Waals surface area (Å²) in [6, 6.07) is 42.5. The van der Waals surface area contributed by atoms with Gasteiger partial charge < -0.3 is 48.2 Å². The van der Waals surface area contributed by atoms with Crippen LogP contribution in [0.4, 0.5) is 0 Å². The van der Waals surface area contributed by atoms with Gasteiger partial charge in [0.1, 0.15) is 11.5 Å². The SMILES string of the molecule is Oc1ccccc1ON1P(Oc2ccccc2O)N=P(Oc2ccccc2O)(Oc2ccccc2O)N(Oc2ccccc2)P1Oc1ccccc1. The predicted octanol–water partition coefficient (Wildman–Crippen LogP) is 10.1. The molecule has 0 bridgehead atoms. The number of hydrogen-bond donors (Lipinski definition) is 4. The second-order valence-corrected chi connectivity index (χ2v) is 16.2. The molecule has 1 aliphatic rings. The highest BCUT2D eigenvalue weighted by Gasteiger charge is 2.58. The molecule has 52 heavy (non-hydrogen) atoms. The molecule has 264 valence electrons. The summed E-state index contributed by atoms with van der Waals surface area (Å²) in [5, 5.41) is 43.7. The number of hydrogen-bond acceptors (Lipinski definition) is 13. The van der Waals surface area contributed by atoms with Crippen LogP contribution in [0.25, 0.3) is 0 Å². The van der Waals surface area contributed by atoms with E-state index in [1.54, 1.807) is 97.1 Å². The van der Waals surface area contributed by atoms with Crippen molar-refractivity contribution in [3.05, 3.63) is 158 Å². The fourth-order valence-electron chi connectivity index (χ4n) is 4.52. The van der Waals surface area contributed by atoms with E-state index in [1.807, 2.05) is 12.1 Å². The van der Waals surface area contributed by atoms with Crippen molar-refractivity contribution in [3.63, 3.8) is 0 Å². The highest BCUT2D eigenvalue weighted by molar-refractivity contribution is 7.78. The van der Waals surface area contributed by atoms with E-state index in [9.17, 15) is 20.4 Å². The number of para-hydroxylation sites is 10. The van der Waals surface area contributed by atoms with Gasteiger partial charge in [-0.25, -0.2) is 0 Å². The molecule has 6 aromatic rings. The van der Waals surface area contributed by atoms with Gasteiger partial charge in [-0.05, 0) is 72.8 Å². The first kappa shape index (κ1) is 34.8. The van der Waals surface area contributed by atoms with E-state index in [1.165, 1.54) is 57.7 Å². The maximum absolute atomic E-state index is 11.0. The van der Waals surface area contributed by atoms with Crippen molar-refractivity contribution in [3.8, 4) is 57.5 Å². The van der Waals surface area contributed by atoms with Gasteiger partial charge >= 0.3 is 24.6 Å². The number of phenols is 4. The third kappa shape index (κ3) is 7.80. The zero-order valence-corrected chi connectivity index (χ0v) is 29.6. The van der Waals surface area contributed by atoms with Gasteiger partial charge in [-0.1, -0.05) is 84.9 Å². The van der Waals surface area contributed by atoms with Crippen LogP contribution in [-0.2, 0) is 0 Å². The van der Waals surface area contributed by atoms with Crippen LogP contribution in [0.1, 0.15) is 0 Å². The molecule has 6 aromatic carbocycles. The minimum Gasteiger partial charge on any atom is -0.504 e. The summed E-state index contributed by atoms with van der Waals surface area (Å²) in [5.74, 6) is -0.263. The molecule has 0 amide bonds. The zero-order chi connectivity index (χ0) is 35.9. The number of nitrogens with zero attached hydrogens (tertiary/aromatic N) is 3. The minimum atomic E-state index is -4.26. The third-order valence-electron chi connectivity index (χ3n) is 6.96. The van der Waals surface area contributed by atoms with E-state index in [2.05, 4.69) is 0 Å². The van der Waals surface area contributed by atoms with Gasteiger partial charge in [-0.3, -0.25) is 0 Å². The highest BCUT2D eigenvalue weighted by Crippen LogP contribution is 2.78. The normalized spacial score (nSPS) is 16.9. The lowest BCUT2D eigenvalue weighted by atomic mass is 10.3. The lowest BCUT2D eigenvalue weighted by molar-refractivity contribution is 0.0528. The molecule has 0 aliphatic carbocycles. The molecule has 13 nitrogen and oxygen atoms in total. The second kappa shape index (κ2) is 15.7. The van der Waals surface area contributed by atoms with Crippen molar-refractivity contribution in [2.45, 2.75) is 0 Å². The van der Waals surface area contributed by atoms with E-state index in [4.69, 9.17) is 32.3 Å². The fourth-order valence-corrected chi connectivity index (χ4v) is 12.0. The fraction of sp³-hybridized carbons (Fsp3) is 0. The number of phenolic OH excluding ortho intramolecular Hbond substituents is 4. The van der Waals surface area contributed by atoms with E-state index in [0.717, 1.165) is 0 Å². The summed E-state index contributed by atoms with van der Waals surface area (Å²) >= 11 is 0. The van der Waals surface area contributed by atoms with Crippen LogP contribution >= 0.6 is 24.6 Å². The van der Waals surface area contributed by atoms with Crippen molar-refractivity contribution < 1.29 is 48.2 Å². The van der Waals surface area contributed by atoms with Crippen molar-refractivity contribution >= 4 is 24.6 Å². The third-order valence-corrected chi connectivity index (χ3v) is 13.8. The number of benzene rings is 6. The number of rotatable bonds is 12. The van der Waals surface area contributed by atoms with E-state index < -0.39 is 24.6 Å². The summed E-state index contributed by atoms with van der Waals surface area (Å²) in [6.45, 7) is 0.